The molecule has 5 nitrogen and oxygen atoms in total. The Labute approximate surface area is 180 Å². The van der Waals surface area contributed by atoms with Gasteiger partial charge in [0.15, 0.2) is 15.0 Å². The van der Waals surface area contributed by atoms with E-state index in [1.165, 1.54) is 11.8 Å². The molecule has 0 N–H and O–H groups in total. The van der Waals surface area contributed by atoms with Crippen molar-refractivity contribution in [1.29, 1.82) is 0 Å². The van der Waals surface area contributed by atoms with Crippen LogP contribution in [0.4, 0.5) is 5.69 Å². The van der Waals surface area contributed by atoms with Crippen LogP contribution in [0.5, 0.6) is 0 Å². The van der Waals surface area contributed by atoms with Crippen molar-refractivity contribution in [1.82, 2.24) is 0 Å². The molecule has 2 aromatic rings. The van der Waals surface area contributed by atoms with E-state index in [9.17, 15) is 13.2 Å². The van der Waals surface area contributed by atoms with Crippen molar-refractivity contribution in [3.05, 3.63) is 64.2 Å². The van der Waals surface area contributed by atoms with Gasteiger partial charge in [-0.2, -0.15) is 4.99 Å². The lowest BCUT2D eigenvalue weighted by Crippen LogP contribution is -2.38. The van der Waals surface area contributed by atoms with Crippen LogP contribution >= 0.6 is 23.4 Å². The van der Waals surface area contributed by atoms with Crippen molar-refractivity contribution in [2.24, 2.45) is 4.99 Å². The van der Waals surface area contributed by atoms with Gasteiger partial charge in [-0.1, -0.05) is 53.7 Å². The summed E-state index contributed by atoms with van der Waals surface area (Å²) in [7, 11) is -3.10. The maximum absolute atomic E-state index is 12.7. The van der Waals surface area contributed by atoms with Crippen LogP contribution in [0.15, 0.2) is 47.5 Å². The Morgan fingerprint density at radius 2 is 1.97 bits per heavy atom. The summed E-state index contributed by atoms with van der Waals surface area (Å²) in [6, 6.07) is 13.1. The van der Waals surface area contributed by atoms with Crippen LogP contribution in [0.25, 0.3) is 0 Å². The predicted molar refractivity (Wildman–Crippen MR) is 120 cm³/mol. The maximum Gasteiger partial charge on any atom is 0.252 e. The highest BCUT2D eigenvalue weighted by Crippen LogP contribution is 2.42. The van der Waals surface area contributed by atoms with E-state index in [4.69, 9.17) is 11.6 Å². The van der Waals surface area contributed by atoms with Crippen LogP contribution in [-0.4, -0.2) is 42.3 Å². The molecule has 152 valence electrons. The minimum absolute atomic E-state index is 0.0791. The van der Waals surface area contributed by atoms with Crippen molar-refractivity contribution in [2.45, 2.75) is 31.6 Å². The Balaban J connectivity index is 1.70. The van der Waals surface area contributed by atoms with Crippen molar-refractivity contribution in [3.8, 4) is 0 Å². The van der Waals surface area contributed by atoms with Crippen molar-refractivity contribution < 1.29 is 13.2 Å². The van der Waals surface area contributed by atoms with Gasteiger partial charge < -0.3 is 4.90 Å². The summed E-state index contributed by atoms with van der Waals surface area (Å²) in [6.45, 7) is 3.98. The van der Waals surface area contributed by atoms with Gasteiger partial charge in [-0.05, 0) is 42.7 Å². The Kier molecular flexibility index (Phi) is 5.48. The molecule has 0 saturated carbocycles. The molecule has 2 aliphatic rings. The first-order valence-electron chi connectivity index (χ1n) is 9.32. The van der Waals surface area contributed by atoms with Crippen LogP contribution < -0.4 is 4.90 Å². The molecule has 2 saturated heterocycles. The lowest BCUT2D eigenvalue weighted by Gasteiger charge is -2.26. The summed E-state index contributed by atoms with van der Waals surface area (Å²) >= 11 is 7.56. The smallest absolute Gasteiger partial charge is 0.252 e. The minimum atomic E-state index is -3.10. The summed E-state index contributed by atoms with van der Waals surface area (Å²) in [5, 5.41) is 0.988. The first-order chi connectivity index (χ1) is 13.7. The van der Waals surface area contributed by atoms with E-state index in [2.05, 4.69) is 4.99 Å². The Bertz CT molecular complexity index is 1110. The van der Waals surface area contributed by atoms with Gasteiger partial charge in [0.2, 0.25) is 0 Å². The maximum atomic E-state index is 12.7. The van der Waals surface area contributed by atoms with Crippen LogP contribution in [0.3, 0.4) is 0 Å². The van der Waals surface area contributed by atoms with E-state index in [0.717, 1.165) is 22.4 Å². The number of aliphatic imine (C=N–C) groups is 1. The number of fused-ring (bicyclic) bond motifs is 1. The molecule has 2 fully saturated rings. The zero-order chi connectivity index (χ0) is 20.8. The summed E-state index contributed by atoms with van der Waals surface area (Å²) in [4.78, 5) is 19.0. The number of amidine groups is 1. The number of anilines is 1. The third kappa shape index (κ3) is 4.22. The minimum Gasteiger partial charge on any atom is -0.315 e. The summed E-state index contributed by atoms with van der Waals surface area (Å²) in [6.07, 6.45) is 0.109. The van der Waals surface area contributed by atoms with Gasteiger partial charge in [-0.15, -0.1) is 0 Å². The molecule has 1 amide bonds. The number of rotatable bonds is 3. The van der Waals surface area contributed by atoms with Crippen LogP contribution in [0.2, 0.25) is 5.02 Å². The number of nitrogens with zero attached hydrogens (tertiary/aromatic N) is 2. The molecule has 29 heavy (non-hydrogen) atoms. The Morgan fingerprint density at radius 3 is 2.72 bits per heavy atom. The second kappa shape index (κ2) is 7.78. The Hall–Kier alpha value is -1.83. The second-order valence-electron chi connectivity index (χ2n) is 7.52. The fourth-order valence-corrected chi connectivity index (χ4v) is 7.90. The number of carbonyl (C=O) groups is 1. The van der Waals surface area contributed by atoms with Gasteiger partial charge in [0.25, 0.3) is 5.91 Å². The van der Waals surface area contributed by atoms with Gasteiger partial charge in [0, 0.05) is 16.0 Å². The number of benzene rings is 2. The molecule has 0 radical (unpaired) electrons. The lowest BCUT2D eigenvalue weighted by molar-refractivity contribution is -0.117. The zero-order valence-corrected chi connectivity index (χ0v) is 18.5. The number of amides is 1. The van der Waals surface area contributed by atoms with E-state index in [1.807, 2.05) is 55.1 Å². The van der Waals surface area contributed by atoms with Crippen molar-refractivity contribution in [2.75, 3.05) is 16.4 Å². The number of aryl methyl sites for hydroxylation is 2. The number of thioether (sulfide) groups is 1. The van der Waals surface area contributed by atoms with Crippen molar-refractivity contribution >= 4 is 50.0 Å². The average Bonchev–Trinajstić information content (AvgIpc) is 3.10. The highest BCUT2D eigenvalue weighted by atomic mass is 35.5. The quantitative estimate of drug-likeness (QED) is 0.714. The Morgan fingerprint density at radius 1 is 1.21 bits per heavy atom. The standard InChI is InChI=1S/C21H21ClN2O3S2/c1-13-7-8-14(2)17(9-13)24-18-11-29(26,27)12-19(18)28-21(24)23-20(25)10-15-5-3-4-6-16(15)22/h3-9,18-19H,10-12H2,1-2H3. The fourth-order valence-electron chi connectivity index (χ4n) is 3.78. The summed E-state index contributed by atoms with van der Waals surface area (Å²) < 4.78 is 24.4. The van der Waals surface area contributed by atoms with E-state index in [0.29, 0.717) is 10.2 Å². The molecule has 0 bridgehead atoms. The normalized spacial score (nSPS) is 24.1. The van der Waals surface area contributed by atoms with Crippen LogP contribution in [-0.2, 0) is 21.1 Å². The van der Waals surface area contributed by atoms with E-state index < -0.39 is 9.84 Å². The first-order valence-corrected chi connectivity index (χ1v) is 12.4. The molecule has 0 aromatic heterocycles. The molecular formula is C21H21ClN2O3S2. The highest BCUT2D eigenvalue weighted by molar-refractivity contribution is 8.16. The number of sulfone groups is 1. The largest absolute Gasteiger partial charge is 0.315 e. The SMILES string of the molecule is Cc1ccc(C)c(N2C(=NC(=O)Cc3ccccc3Cl)SC3CS(=O)(=O)CC32)c1. The fraction of sp³-hybridized carbons (Fsp3) is 0.333. The van der Waals surface area contributed by atoms with Crippen LogP contribution in [0.1, 0.15) is 16.7 Å². The molecule has 4 rings (SSSR count). The molecule has 0 aliphatic carbocycles. The van der Waals surface area contributed by atoms with Gasteiger partial charge >= 0.3 is 0 Å². The van der Waals surface area contributed by atoms with Gasteiger partial charge in [-0.3, -0.25) is 4.79 Å². The first kappa shape index (κ1) is 20.4. The number of hydrogen-bond donors (Lipinski definition) is 0. The monoisotopic (exact) mass is 448 g/mol. The van der Waals surface area contributed by atoms with Gasteiger partial charge in [0.05, 0.1) is 24.0 Å². The highest BCUT2D eigenvalue weighted by Gasteiger charge is 2.49. The topological polar surface area (TPSA) is 66.8 Å². The van der Waals surface area contributed by atoms with Gasteiger partial charge in [-0.25, -0.2) is 8.42 Å². The third-order valence-corrected chi connectivity index (χ3v) is 8.79. The van der Waals surface area contributed by atoms with E-state index in [1.54, 1.807) is 6.07 Å². The molecular weight excluding hydrogens is 428 g/mol. The van der Waals surface area contributed by atoms with E-state index in [-0.39, 0.29) is 35.1 Å². The zero-order valence-electron chi connectivity index (χ0n) is 16.1. The van der Waals surface area contributed by atoms with Crippen molar-refractivity contribution in [3.63, 3.8) is 0 Å². The molecule has 2 unspecified atom stereocenters. The lowest BCUT2D eigenvalue weighted by atomic mass is 10.1. The molecule has 2 heterocycles. The molecule has 2 aromatic carbocycles. The number of hydrogen-bond acceptors (Lipinski definition) is 4. The summed E-state index contributed by atoms with van der Waals surface area (Å²) in [5.41, 5.74) is 3.73. The van der Waals surface area contributed by atoms with Gasteiger partial charge in [0.1, 0.15) is 0 Å². The number of halogens is 1. The molecule has 2 aliphatic heterocycles. The second-order valence-corrected chi connectivity index (χ2v) is 11.3. The van der Waals surface area contributed by atoms with Crippen LogP contribution in [0, 0.1) is 13.8 Å². The molecule has 2 atom stereocenters. The molecule has 0 spiro atoms. The van der Waals surface area contributed by atoms with E-state index >= 15 is 0 Å². The summed E-state index contributed by atoms with van der Waals surface area (Å²) in [5.74, 6) is -0.101. The average molecular weight is 449 g/mol. The predicted octanol–water partition coefficient (Wildman–Crippen LogP) is 3.80. The molecule has 8 heteroatoms. The number of carbonyl (C=O) groups excluding carboxylic acids is 1. The third-order valence-electron chi connectivity index (χ3n) is 5.21.